The van der Waals surface area contributed by atoms with Crippen LogP contribution in [0, 0.1) is 0 Å². The van der Waals surface area contributed by atoms with Crippen LogP contribution in [0.25, 0.3) is 0 Å². The van der Waals surface area contributed by atoms with Crippen LogP contribution in [0.2, 0.25) is 0 Å². The van der Waals surface area contributed by atoms with E-state index < -0.39 is 12.1 Å². The number of ether oxygens (including phenoxy) is 1. The minimum absolute atomic E-state index is 0.163. The minimum Gasteiger partial charge on any atom is -0.495 e. The number of carbonyl (C=O) groups excluding carboxylic acids is 2. The van der Waals surface area contributed by atoms with Gasteiger partial charge in [-0.05, 0) is 42.9 Å². The number of aryl methyl sites for hydroxylation is 1. The molecule has 2 unspecified atom stereocenters. The SMILES string of the molecule is COc1cc(CNC(=O)C2CCCN2C(=O)C(N)CCc2ccccc2)cnc1CN. The van der Waals surface area contributed by atoms with Crippen molar-refractivity contribution in [2.75, 3.05) is 13.7 Å². The second-order valence-corrected chi connectivity index (χ2v) is 7.73. The van der Waals surface area contributed by atoms with Gasteiger partial charge < -0.3 is 26.4 Å². The van der Waals surface area contributed by atoms with Gasteiger partial charge in [-0.15, -0.1) is 0 Å². The molecular weight excluding hydrogens is 394 g/mol. The Balaban J connectivity index is 1.55. The average Bonchev–Trinajstić information content (AvgIpc) is 3.31. The molecule has 1 aliphatic heterocycles. The zero-order valence-corrected chi connectivity index (χ0v) is 17.9. The fourth-order valence-electron chi connectivity index (χ4n) is 3.85. The van der Waals surface area contributed by atoms with Crippen LogP contribution in [0.15, 0.2) is 42.6 Å². The molecule has 0 saturated carbocycles. The molecule has 1 aromatic heterocycles. The first-order valence-electron chi connectivity index (χ1n) is 10.6. The third-order valence-electron chi connectivity index (χ3n) is 5.61. The topological polar surface area (TPSA) is 124 Å². The average molecular weight is 426 g/mol. The molecule has 1 aliphatic rings. The van der Waals surface area contributed by atoms with E-state index in [4.69, 9.17) is 16.2 Å². The van der Waals surface area contributed by atoms with Gasteiger partial charge in [-0.1, -0.05) is 30.3 Å². The molecule has 166 valence electrons. The van der Waals surface area contributed by atoms with E-state index in [1.165, 1.54) is 0 Å². The quantitative estimate of drug-likeness (QED) is 0.553. The lowest BCUT2D eigenvalue weighted by atomic mass is 10.0. The number of nitrogens with two attached hydrogens (primary N) is 2. The van der Waals surface area contributed by atoms with Crippen LogP contribution in [0.1, 0.15) is 36.1 Å². The number of hydrogen-bond acceptors (Lipinski definition) is 6. The highest BCUT2D eigenvalue weighted by atomic mass is 16.5. The van der Waals surface area contributed by atoms with Gasteiger partial charge >= 0.3 is 0 Å². The maximum atomic E-state index is 12.9. The van der Waals surface area contributed by atoms with Gasteiger partial charge in [-0.3, -0.25) is 14.6 Å². The van der Waals surface area contributed by atoms with Gasteiger partial charge in [-0.25, -0.2) is 0 Å². The summed E-state index contributed by atoms with van der Waals surface area (Å²) < 4.78 is 5.29. The molecule has 0 radical (unpaired) electrons. The van der Waals surface area contributed by atoms with E-state index in [0.29, 0.717) is 37.4 Å². The summed E-state index contributed by atoms with van der Waals surface area (Å²) in [6.07, 6.45) is 4.37. The Morgan fingerprint density at radius 2 is 2.06 bits per heavy atom. The molecule has 0 spiro atoms. The molecule has 2 aromatic rings. The summed E-state index contributed by atoms with van der Waals surface area (Å²) in [5, 5.41) is 2.91. The van der Waals surface area contributed by atoms with Crippen molar-refractivity contribution in [2.24, 2.45) is 11.5 Å². The Hall–Kier alpha value is -2.97. The van der Waals surface area contributed by atoms with E-state index in [1.54, 1.807) is 18.2 Å². The predicted octanol–water partition coefficient (Wildman–Crippen LogP) is 1.12. The Bertz CT molecular complexity index is 890. The number of carbonyl (C=O) groups is 2. The van der Waals surface area contributed by atoms with E-state index in [-0.39, 0.29) is 18.4 Å². The van der Waals surface area contributed by atoms with Crippen molar-refractivity contribution < 1.29 is 14.3 Å². The summed E-state index contributed by atoms with van der Waals surface area (Å²) in [6.45, 7) is 1.13. The highest BCUT2D eigenvalue weighted by Gasteiger charge is 2.35. The van der Waals surface area contributed by atoms with Crippen molar-refractivity contribution in [1.29, 1.82) is 0 Å². The number of amides is 2. The van der Waals surface area contributed by atoms with Gasteiger partial charge in [0.25, 0.3) is 0 Å². The van der Waals surface area contributed by atoms with Crippen LogP contribution in [-0.2, 0) is 29.1 Å². The fourth-order valence-corrected chi connectivity index (χ4v) is 3.85. The van der Waals surface area contributed by atoms with E-state index in [9.17, 15) is 9.59 Å². The Kier molecular flexibility index (Phi) is 7.97. The lowest BCUT2D eigenvalue weighted by molar-refractivity contribution is -0.139. The zero-order chi connectivity index (χ0) is 22.2. The number of nitrogens with one attached hydrogen (secondary N) is 1. The molecule has 1 saturated heterocycles. The van der Waals surface area contributed by atoms with E-state index >= 15 is 0 Å². The maximum absolute atomic E-state index is 12.9. The molecule has 1 fully saturated rings. The van der Waals surface area contributed by atoms with Crippen LogP contribution < -0.4 is 21.5 Å². The third-order valence-corrected chi connectivity index (χ3v) is 5.61. The third kappa shape index (κ3) is 5.80. The first-order valence-corrected chi connectivity index (χ1v) is 10.6. The second-order valence-electron chi connectivity index (χ2n) is 7.73. The monoisotopic (exact) mass is 425 g/mol. The number of methoxy groups -OCH3 is 1. The van der Waals surface area contributed by atoms with E-state index in [0.717, 1.165) is 24.0 Å². The lowest BCUT2D eigenvalue weighted by Crippen LogP contribution is -2.51. The second kappa shape index (κ2) is 10.9. The van der Waals surface area contributed by atoms with Crippen molar-refractivity contribution in [3.8, 4) is 5.75 Å². The number of likely N-dealkylation sites (tertiary alicyclic amines) is 1. The number of hydrogen-bond donors (Lipinski definition) is 3. The smallest absolute Gasteiger partial charge is 0.243 e. The summed E-state index contributed by atoms with van der Waals surface area (Å²) in [4.78, 5) is 31.6. The Morgan fingerprint density at radius 3 is 2.77 bits per heavy atom. The fraction of sp³-hybridized carbons (Fsp3) is 0.435. The van der Waals surface area contributed by atoms with Gasteiger partial charge in [0.2, 0.25) is 11.8 Å². The van der Waals surface area contributed by atoms with Crippen LogP contribution in [-0.4, -0.2) is 47.4 Å². The number of nitrogens with zero attached hydrogens (tertiary/aromatic N) is 2. The van der Waals surface area contributed by atoms with Gasteiger partial charge in [0.15, 0.2) is 0 Å². The summed E-state index contributed by atoms with van der Waals surface area (Å²) in [5.41, 5.74) is 14.4. The number of rotatable bonds is 9. The largest absolute Gasteiger partial charge is 0.495 e. The molecule has 8 heteroatoms. The van der Waals surface area contributed by atoms with Gasteiger partial charge in [0.1, 0.15) is 11.8 Å². The Labute approximate surface area is 183 Å². The molecule has 1 aromatic carbocycles. The van der Waals surface area contributed by atoms with Gasteiger partial charge in [0, 0.05) is 25.8 Å². The predicted molar refractivity (Wildman–Crippen MR) is 118 cm³/mol. The standard InChI is InChI=1S/C23H31N5O3/c1-31-21-12-17(14-26-19(21)13-24)15-27-22(29)20-8-5-11-28(20)23(30)18(25)10-9-16-6-3-2-4-7-16/h2-4,6-7,12,14,18,20H,5,8-11,13,15,24-25H2,1H3,(H,27,29). The van der Waals surface area contributed by atoms with Crippen LogP contribution in [0.3, 0.4) is 0 Å². The molecule has 2 amide bonds. The normalized spacial score (nSPS) is 16.7. The first-order chi connectivity index (χ1) is 15.0. The first kappa shape index (κ1) is 22.7. The molecule has 2 atom stereocenters. The van der Waals surface area contributed by atoms with Crippen LogP contribution in [0.4, 0.5) is 0 Å². The van der Waals surface area contributed by atoms with Gasteiger partial charge in [0.05, 0.1) is 18.8 Å². The molecular formula is C23H31N5O3. The van der Waals surface area contributed by atoms with Crippen molar-refractivity contribution >= 4 is 11.8 Å². The van der Waals surface area contributed by atoms with E-state index in [2.05, 4.69) is 10.3 Å². The summed E-state index contributed by atoms with van der Waals surface area (Å²) >= 11 is 0. The molecule has 2 heterocycles. The maximum Gasteiger partial charge on any atom is 0.243 e. The van der Waals surface area contributed by atoms with Crippen molar-refractivity contribution in [1.82, 2.24) is 15.2 Å². The number of benzene rings is 1. The van der Waals surface area contributed by atoms with Crippen molar-refractivity contribution in [2.45, 2.75) is 50.9 Å². The number of pyridine rings is 1. The van der Waals surface area contributed by atoms with Crippen molar-refractivity contribution in [3.63, 3.8) is 0 Å². The van der Waals surface area contributed by atoms with Crippen LogP contribution >= 0.6 is 0 Å². The molecule has 8 nitrogen and oxygen atoms in total. The highest BCUT2D eigenvalue weighted by Crippen LogP contribution is 2.20. The summed E-state index contributed by atoms with van der Waals surface area (Å²) in [6, 6.07) is 10.6. The molecule has 5 N–H and O–H groups in total. The molecule has 3 rings (SSSR count). The zero-order valence-electron chi connectivity index (χ0n) is 17.9. The lowest BCUT2D eigenvalue weighted by Gasteiger charge is -2.26. The molecule has 0 aliphatic carbocycles. The minimum atomic E-state index is -0.620. The van der Waals surface area contributed by atoms with Crippen molar-refractivity contribution in [3.05, 3.63) is 59.4 Å². The molecule has 0 bridgehead atoms. The highest BCUT2D eigenvalue weighted by molar-refractivity contribution is 5.90. The number of aromatic nitrogens is 1. The van der Waals surface area contributed by atoms with E-state index in [1.807, 2.05) is 36.4 Å². The molecule has 31 heavy (non-hydrogen) atoms. The Morgan fingerprint density at radius 1 is 1.29 bits per heavy atom. The summed E-state index contributed by atoms with van der Waals surface area (Å²) in [7, 11) is 1.56. The van der Waals surface area contributed by atoms with Gasteiger partial charge in [-0.2, -0.15) is 0 Å². The van der Waals surface area contributed by atoms with Crippen LogP contribution in [0.5, 0.6) is 5.75 Å². The summed E-state index contributed by atoms with van der Waals surface area (Å²) in [5.74, 6) is 0.253.